The Balaban J connectivity index is 2.01. The minimum atomic E-state index is -4.44. The van der Waals surface area contributed by atoms with Crippen molar-refractivity contribution in [2.45, 2.75) is 6.18 Å². The molecule has 8 heteroatoms. The van der Waals surface area contributed by atoms with Crippen molar-refractivity contribution >= 4 is 5.91 Å². The number of aromatic nitrogens is 1. The lowest BCUT2D eigenvalue weighted by Crippen LogP contribution is -2.32. The van der Waals surface area contributed by atoms with Gasteiger partial charge in [0.1, 0.15) is 5.75 Å². The third kappa shape index (κ3) is 5.18. The molecule has 0 fully saturated rings. The molecule has 0 saturated carbocycles. The Hall–Kier alpha value is -2.61. The van der Waals surface area contributed by atoms with Gasteiger partial charge in [-0.25, -0.2) is 4.98 Å². The number of carbonyl (C=O) groups is 1. The Morgan fingerprint density at radius 1 is 1.20 bits per heavy atom. The third-order valence-corrected chi connectivity index (χ3v) is 3.43. The normalized spacial score (nSPS) is 11.2. The third-order valence-electron chi connectivity index (χ3n) is 3.43. The summed E-state index contributed by atoms with van der Waals surface area (Å²) in [7, 11) is 3.51. The van der Waals surface area contributed by atoms with E-state index in [2.05, 4.69) is 10.3 Å². The minimum absolute atomic E-state index is 0.0400. The standard InChI is InChI=1S/C17H18F3N3O2/c1-21-9-10-23(2)16(24)12-3-6-14(7-4-12)25-15-8-5-13(11-22-15)17(18,19)20/h3-8,11,21H,9-10H2,1-2H3. The number of halogens is 3. The van der Waals surface area contributed by atoms with Crippen LogP contribution >= 0.6 is 0 Å². The van der Waals surface area contributed by atoms with Gasteiger partial charge >= 0.3 is 6.18 Å². The summed E-state index contributed by atoms with van der Waals surface area (Å²) in [5.41, 5.74) is -0.350. The van der Waals surface area contributed by atoms with E-state index in [0.717, 1.165) is 12.1 Å². The number of nitrogens with zero attached hydrogens (tertiary/aromatic N) is 2. The van der Waals surface area contributed by atoms with Crippen LogP contribution in [0.1, 0.15) is 15.9 Å². The minimum Gasteiger partial charge on any atom is -0.439 e. The summed E-state index contributed by atoms with van der Waals surface area (Å²) in [4.78, 5) is 17.4. The highest BCUT2D eigenvalue weighted by molar-refractivity contribution is 5.94. The molecule has 1 heterocycles. The monoisotopic (exact) mass is 353 g/mol. The van der Waals surface area contributed by atoms with Gasteiger partial charge in [-0.1, -0.05) is 0 Å². The van der Waals surface area contributed by atoms with Crippen LogP contribution in [0.4, 0.5) is 13.2 Å². The number of ether oxygens (including phenoxy) is 1. The lowest BCUT2D eigenvalue weighted by molar-refractivity contribution is -0.137. The molecule has 2 aromatic rings. The number of hydrogen-bond donors (Lipinski definition) is 1. The SMILES string of the molecule is CNCCN(C)C(=O)c1ccc(Oc2ccc(C(F)(F)F)cn2)cc1. The quantitative estimate of drug-likeness (QED) is 0.867. The predicted molar refractivity (Wildman–Crippen MR) is 86.6 cm³/mol. The molecule has 0 spiro atoms. The molecular formula is C17H18F3N3O2. The van der Waals surface area contributed by atoms with E-state index in [4.69, 9.17) is 4.74 Å². The van der Waals surface area contributed by atoms with Gasteiger partial charge in [-0.2, -0.15) is 13.2 Å². The summed E-state index contributed by atoms with van der Waals surface area (Å²) in [6.45, 7) is 1.26. The molecule has 1 aromatic heterocycles. The molecule has 0 unspecified atom stereocenters. The van der Waals surface area contributed by atoms with Crippen molar-refractivity contribution in [1.82, 2.24) is 15.2 Å². The molecule has 0 aliphatic rings. The van der Waals surface area contributed by atoms with Gasteiger partial charge in [-0.05, 0) is 37.4 Å². The van der Waals surface area contributed by atoms with Crippen molar-refractivity contribution in [1.29, 1.82) is 0 Å². The number of alkyl halides is 3. The second-order valence-electron chi connectivity index (χ2n) is 5.34. The Morgan fingerprint density at radius 3 is 2.40 bits per heavy atom. The van der Waals surface area contributed by atoms with E-state index in [9.17, 15) is 18.0 Å². The first kappa shape index (κ1) is 18.7. The van der Waals surface area contributed by atoms with Gasteiger partial charge in [0.25, 0.3) is 5.91 Å². The van der Waals surface area contributed by atoms with Crippen LogP contribution in [0.25, 0.3) is 0 Å². The van der Waals surface area contributed by atoms with E-state index in [0.29, 0.717) is 30.6 Å². The average Bonchev–Trinajstić information content (AvgIpc) is 2.59. The summed E-state index contributed by atoms with van der Waals surface area (Å²) in [5, 5.41) is 2.96. The number of benzene rings is 1. The van der Waals surface area contributed by atoms with Gasteiger partial charge < -0.3 is 15.0 Å². The molecule has 0 radical (unpaired) electrons. The fourth-order valence-corrected chi connectivity index (χ4v) is 2.00. The predicted octanol–water partition coefficient (Wildman–Crippen LogP) is 3.18. The highest BCUT2D eigenvalue weighted by Crippen LogP contribution is 2.30. The average molecular weight is 353 g/mol. The van der Waals surface area contributed by atoms with Crippen LogP contribution in [0.15, 0.2) is 42.6 Å². The van der Waals surface area contributed by atoms with E-state index >= 15 is 0 Å². The van der Waals surface area contributed by atoms with E-state index < -0.39 is 11.7 Å². The maximum atomic E-state index is 12.5. The molecule has 0 bridgehead atoms. The van der Waals surface area contributed by atoms with Crippen molar-refractivity contribution in [3.05, 3.63) is 53.7 Å². The second kappa shape index (κ2) is 7.98. The van der Waals surface area contributed by atoms with Crippen LogP contribution in [-0.2, 0) is 6.18 Å². The van der Waals surface area contributed by atoms with E-state index in [-0.39, 0.29) is 11.8 Å². The number of likely N-dealkylation sites (N-methyl/N-ethyl adjacent to an activating group) is 2. The Bertz CT molecular complexity index is 701. The second-order valence-corrected chi connectivity index (χ2v) is 5.34. The molecule has 0 aliphatic carbocycles. The Morgan fingerprint density at radius 2 is 1.88 bits per heavy atom. The highest BCUT2D eigenvalue weighted by Gasteiger charge is 2.30. The van der Waals surface area contributed by atoms with Crippen molar-refractivity contribution in [2.24, 2.45) is 0 Å². The zero-order chi connectivity index (χ0) is 18.4. The van der Waals surface area contributed by atoms with E-state index in [1.165, 1.54) is 0 Å². The lowest BCUT2D eigenvalue weighted by atomic mass is 10.2. The molecular weight excluding hydrogens is 335 g/mol. The van der Waals surface area contributed by atoms with Gasteiger partial charge in [0.15, 0.2) is 0 Å². The van der Waals surface area contributed by atoms with Gasteiger partial charge in [-0.3, -0.25) is 4.79 Å². The highest BCUT2D eigenvalue weighted by atomic mass is 19.4. The summed E-state index contributed by atoms with van der Waals surface area (Å²) in [6.07, 6.45) is -3.73. The Labute approximate surface area is 143 Å². The molecule has 1 N–H and O–H groups in total. The summed E-state index contributed by atoms with van der Waals surface area (Å²) < 4.78 is 42.9. The van der Waals surface area contributed by atoms with Crippen LogP contribution in [0.5, 0.6) is 11.6 Å². The van der Waals surface area contributed by atoms with Crippen LogP contribution < -0.4 is 10.1 Å². The van der Waals surface area contributed by atoms with E-state index in [1.54, 1.807) is 43.3 Å². The van der Waals surface area contributed by atoms with Gasteiger partial charge in [-0.15, -0.1) is 0 Å². The molecule has 2 rings (SSSR count). The first-order valence-corrected chi connectivity index (χ1v) is 7.52. The molecule has 25 heavy (non-hydrogen) atoms. The maximum absolute atomic E-state index is 12.5. The van der Waals surface area contributed by atoms with Crippen LogP contribution in [-0.4, -0.2) is 43.0 Å². The largest absolute Gasteiger partial charge is 0.439 e. The number of carbonyl (C=O) groups excluding carboxylic acids is 1. The Kier molecular flexibility index (Phi) is 5.97. The first-order valence-electron chi connectivity index (χ1n) is 7.52. The molecule has 0 atom stereocenters. The van der Waals surface area contributed by atoms with Gasteiger partial charge in [0.05, 0.1) is 5.56 Å². The first-order chi connectivity index (χ1) is 11.8. The molecule has 0 saturated heterocycles. The van der Waals surface area contributed by atoms with Gasteiger partial charge in [0.2, 0.25) is 5.88 Å². The number of nitrogens with one attached hydrogen (secondary N) is 1. The van der Waals surface area contributed by atoms with E-state index in [1.807, 2.05) is 0 Å². The number of pyridine rings is 1. The van der Waals surface area contributed by atoms with Crippen LogP contribution in [0.3, 0.4) is 0 Å². The molecule has 1 amide bonds. The number of rotatable bonds is 6. The zero-order valence-corrected chi connectivity index (χ0v) is 13.8. The summed E-state index contributed by atoms with van der Waals surface area (Å²) in [6, 6.07) is 8.37. The fourth-order valence-electron chi connectivity index (χ4n) is 2.00. The molecule has 0 aliphatic heterocycles. The fraction of sp³-hybridized carbons (Fsp3) is 0.294. The number of hydrogen-bond acceptors (Lipinski definition) is 4. The van der Waals surface area contributed by atoms with Gasteiger partial charge in [0, 0.05) is 38.0 Å². The van der Waals surface area contributed by atoms with Crippen molar-refractivity contribution in [3.8, 4) is 11.6 Å². The molecule has 134 valence electrons. The summed E-state index contributed by atoms with van der Waals surface area (Å²) >= 11 is 0. The number of amides is 1. The van der Waals surface area contributed by atoms with Crippen molar-refractivity contribution < 1.29 is 22.7 Å². The molecule has 1 aromatic carbocycles. The van der Waals surface area contributed by atoms with Crippen molar-refractivity contribution in [2.75, 3.05) is 27.2 Å². The summed E-state index contributed by atoms with van der Waals surface area (Å²) in [5.74, 6) is 0.286. The molecule has 5 nitrogen and oxygen atoms in total. The topological polar surface area (TPSA) is 54.5 Å². The van der Waals surface area contributed by atoms with Crippen LogP contribution in [0, 0.1) is 0 Å². The lowest BCUT2D eigenvalue weighted by Gasteiger charge is -2.17. The maximum Gasteiger partial charge on any atom is 0.417 e. The van der Waals surface area contributed by atoms with Crippen LogP contribution in [0.2, 0.25) is 0 Å². The smallest absolute Gasteiger partial charge is 0.417 e. The zero-order valence-electron chi connectivity index (χ0n) is 13.8. The van der Waals surface area contributed by atoms with Crippen molar-refractivity contribution in [3.63, 3.8) is 0 Å².